The summed E-state index contributed by atoms with van der Waals surface area (Å²) in [6.07, 6.45) is 0. The first-order chi connectivity index (χ1) is 14.9. The fraction of sp³-hybridized carbons (Fsp3) is 0.318. The summed E-state index contributed by atoms with van der Waals surface area (Å²) in [5.74, 6) is 2.42. The first kappa shape index (κ1) is 22.0. The van der Waals surface area contributed by atoms with Gasteiger partial charge in [0.25, 0.3) is 5.91 Å². The fourth-order valence-corrected chi connectivity index (χ4v) is 5.76. The summed E-state index contributed by atoms with van der Waals surface area (Å²) in [5.41, 5.74) is 1.34. The lowest BCUT2D eigenvalue weighted by molar-refractivity contribution is 0.0951. The van der Waals surface area contributed by atoms with Crippen molar-refractivity contribution in [2.24, 2.45) is 0 Å². The van der Waals surface area contributed by atoms with Gasteiger partial charge in [0.2, 0.25) is 6.79 Å². The molecule has 7 nitrogen and oxygen atoms in total. The molecule has 1 amide bonds. The molecule has 0 radical (unpaired) electrons. The van der Waals surface area contributed by atoms with E-state index in [-0.39, 0.29) is 12.7 Å². The van der Waals surface area contributed by atoms with Gasteiger partial charge in [0.1, 0.15) is 0 Å². The van der Waals surface area contributed by atoms with Crippen LogP contribution in [0.2, 0.25) is 0 Å². The highest BCUT2D eigenvalue weighted by Gasteiger charge is 2.24. The van der Waals surface area contributed by atoms with Crippen molar-refractivity contribution < 1.29 is 23.7 Å². The van der Waals surface area contributed by atoms with Crippen molar-refractivity contribution in [1.82, 2.24) is 10.2 Å². The second kappa shape index (κ2) is 9.09. The minimum absolute atomic E-state index is 0.153. The highest BCUT2D eigenvalue weighted by atomic mass is 127. The van der Waals surface area contributed by atoms with Crippen LogP contribution in [0.1, 0.15) is 10.4 Å². The maximum absolute atomic E-state index is 13.1. The number of amides is 1. The lowest BCUT2D eigenvalue weighted by Crippen LogP contribution is -2.31. The molecular weight excluding hydrogens is 531 g/mol. The smallest absolute Gasteiger partial charge is 0.252 e. The molecular formula is C22H23IN2O5S. The molecule has 4 rings (SSSR count). The summed E-state index contributed by atoms with van der Waals surface area (Å²) >= 11 is 3.93. The Balaban J connectivity index is 1.83. The van der Waals surface area contributed by atoms with Crippen LogP contribution in [0.25, 0.3) is 20.5 Å². The van der Waals surface area contributed by atoms with E-state index in [1.165, 1.54) is 0 Å². The molecule has 1 N–H and O–H groups in total. The molecule has 164 valence electrons. The number of thiophene rings is 1. The summed E-state index contributed by atoms with van der Waals surface area (Å²) in [7, 11) is 7.10. The summed E-state index contributed by atoms with van der Waals surface area (Å²) in [6.45, 7) is 1.54. The summed E-state index contributed by atoms with van der Waals surface area (Å²) in [4.78, 5) is 16.1. The third-order valence-electron chi connectivity index (χ3n) is 4.98. The van der Waals surface area contributed by atoms with Crippen LogP contribution in [-0.4, -0.2) is 59.0 Å². The third kappa shape index (κ3) is 4.26. The Morgan fingerprint density at radius 2 is 1.81 bits per heavy atom. The van der Waals surface area contributed by atoms with Crippen molar-refractivity contribution in [2.45, 2.75) is 0 Å². The molecule has 0 unspecified atom stereocenters. The van der Waals surface area contributed by atoms with Crippen LogP contribution < -0.4 is 24.3 Å². The van der Waals surface area contributed by atoms with Crippen LogP contribution in [0.4, 0.5) is 0 Å². The standard InChI is InChI=1S/C22H23IN2O5S/c1-25(2)6-5-24-22(26)13-8-16(28-4)15(27-3)7-12(13)21-20(23)14-9-17-18(30-11-29-17)10-19(14)31-21/h7-10H,5-6,11H2,1-4H3,(H,24,26). The molecule has 31 heavy (non-hydrogen) atoms. The lowest BCUT2D eigenvalue weighted by atomic mass is 10.0. The zero-order valence-electron chi connectivity index (χ0n) is 17.7. The van der Waals surface area contributed by atoms with Crippen molar-refractivity contribution in [3.05, 3.63) is 33.4 Å². The Bertz CT molecular complexity index is 1140. The Hall–Kier alpha value is -2.24. The SMILES string of the molecule is COc1cc(C(=O)NCCN(C)C)c(-c2sc3cc4c(cc3c2I)OCO4)cc1OC. The first-order valence-corrected chi connectivity index (χ1v) is 11.5. The van der Waals surface area contributed by atoms with Gasteiger partial charge in [-0.25, -0.2) is 0 Å². The van der Waals surface area contributed by atoms with Gasteiger partial charge < -0.3 is 29.2 Å². The molecule has 1 aliphatic heterocycles. The number of likely N-dealkylation sites (N-methyl/N-ethyl adjacent to an activating group) is 1. The average molecular weight is 554 g/mol. The highest BCUT2D eigenvalue weighted by Crippen LogP contribution is 2.47. The molecule has 0 saturated heterocycles. The van der Waals surface area contributed by atoms with Crippen LogP contribution in [-0.2, 0) is 0 Å². The molecule has 0 aliphatic carbocycles. The van der Waals surface area contributed by atoms with Gasteiger partial charge in [-0.2, -0.15) is 0 Å². The zero-order chi connectivity index (χ0) is 22.1. The number of nitrogens with one attached hydrogen (secondary N) is 1. The molecule has 0 atom stereocenters. The summed E-state index contributed by atoms with van der Waals surface area (Å²) < 4.78 is 24.2. The molecule has 0 bridgehead atoms. The topological polar surface area (TPSA) is 69.3 Å². The van der Waals surface area contributed by atoms with Gasteiger partial charge in [-0.15, -0.1) is 11.3 Å². The van der Waals surface area contributed by atoms with E-state index in [0.717, 1.165) is 42.1 Å². The zero-order valence-corrected chi connectivity index (χ0v) is 20.7. The van der Waals surface area contributed by atoms with Crippen molar-refractivity contribution in [3.8, 4) is 33.4 Å². The van der Waals surface area contributed by atoms with E-state index in [1.807, 2.05) is 37.2 Å². The average Bonchev–Trinajstić information content (AvgIpc) is 3.34. The number of carbonyl (C=O) groups is 1. The molecule has 2 heterocycles. The number of ether oxygens (including phenoxy) is 4. The van der Waals surface area contributed by atoms with Crippen molar-refractivity contribution in [3.63, 3.8) is 0 Å². The first-order valence-electron chi connectivity index (χ1n) is 9.64. The van der Waals surface area contributed by atoms with Crippen LogP contribution in [0.15, 0.2) is 24.3 Å². The highest BCUT2D eigenvalue weighted by molar-refractivity contribution is 14.1. The number of benzene rings is 2. The van der Waals surface area contributed by atoms with E-state index in [4.69, 9.17) is 18.9 Å². The monoisotopic (exact) mass is 554 g/mol. The van der Waals surface area contributed by atoms with Crippen LogP contribution in [0, 0.1) is 3.57 Å². The minimum Gasteiger partial charge on any atom is -0.493 e. The minimum atomic E-state index is -0.153. The molecule has 3 aromatic rings. The van der Waals surface area contributed by atoms with Gasteiger partial charge in [0.05, 0.1) is 19.8 Å². The predicted octanol–water partition coefficient (Wildman–Crippen LogP) is 4.21. The fourth-order valence-electron chi connectivity index (χ4n) is 3.37. The Labute approximate surface area is 198 Å². The molecule has 0 spiro atoms. The van der Waals surface area contributed by atoms with Crippen molar-refractivity contribution >= 4 is 49.9 Å². The van der Waals surface area contributed by atoms with E-state index in [2.05, 4.69) is 27.9 Å². The number of fused-ring (bicyclic) bond motifs is 2. The number of hydrogen-bond acceptors (Lipinski definition) is 7. The van der Waals surface area contributed by atoms with Gasteiger partial charge in [-0.3, -0.25) is 4.79 Å². The number of hydrogen-bond donors (Lipinski definition) is 1. The van der Waals surface area contributed by atoms with E-state index in [0.29, 0.717) is 23.6 Å². The molecule has 0 fully saturated rings. The summed E-state index contributed by atoms with van der Waals surface area (Å²) in [5, 5.41) is 4.07. The van der Waals surface area contributed by atoms with Crippen molar-refractivity contribution in [2.75, 3.05) is 48.2 Å². The van der Waals surface area contributed by atoms with Gasteiger partial charge in [-0.05, 0) is 54.9 Å². The maximum atomic E-state index is 13.1. The van der Waals surface area contributed by atoms with Gasteiger partial charge in [-0.1, -0.05) is 0 Å². The summed E-state index contributed by atoms with van der Waals surface area (Å²) in [6, 6.07) is 7.60. The Morgan fingerprint density at radius 3 is 2.48 bits per heavy atom. The van der Waals surface area contributed by atoms with Gasteiger partial charge in [0.15, 0.2) is 23.0 Å². The van der Waals surface area contributed by atoms with Gasteiger partial charge >= 0.3 is 0 Å². The molecule has 2 aromatic carbocycles. The van der Waals surface area contributed by atoms with Crippen molar-refractivity contribution in [1.29, 1.82) is 0 Å². The number of rotatable bonds is 7. The van der Waals surface area contributed by atoms with E-state index < -0.39 is 0 Å². The lowest BCUT2D eigenvalue weighted by Gasteiger charge is -2.15. The van der Waals surface area contributed by atoms with E-state index in [9.17, 15) is 4.79 Å². The Morgan fingerprint density at radius 1 is 1.13 bits per heavy atom. The largest absolute Gasteiger partial charge is 0.493 e. The van der Waals surface area contributed by atoms with Gasteiger partial charge in [0, 0.05) is 43.3 Å². The number of halogens is 1. The van der Waals surface area contributed by atoms with Crippen LogP contribution >= 0.6 is 33.9 Å². The van der Waals surface area contributed by atoms with Crippen LogP contribution in [0.3, 0.4) is 0 Å². The number of carbonyl (C=O) groups excluding carboxylic acids is 1. The number of nitrogens with zero attached hydrogens (tertiary/aromatic N) is 1. The molecule has 9 heteroatoms. The van der Waals surface area contributed by atoms with Crippen LogP contribution in [0.5, 0.6) is 23.0 Å². The predicted molar refractivity (Wildman–Crippen MR) is 130 cm³/mol. The normalized spacial score (nSPS) is 12.5. The molecule has 0 saturated carbocycles. The maximum Gasteiger partial charge on any atom is 0.252 e. The third-order valence-corrected chi connectivity index (χ3v) is 7.65. The Kier molecular flexibility index (Phi) is 6.44. The number of methoxy groups -OCH3 is 2. The molecule has 1 aromatic heterocycles. The van der Waals surface area contributed by atoms with E-state index in [1.54, 1.807) is 31.6 Å². The second-order valence-corrected chi connectivity index (χ2v) is 9.39. The quantitative estimate of drug-likeness (QED) is 0.442. The second-order valence-electron chi connectivity index (χ2n) is 7.26. The molecule has 1 aliphatic rings. The van der Waals surface area contributed by atoms with E-state index >= 15 is 0 Å².